The van der Waals surface area contributed by atoms with Crippen molar-refractivity contribution < 1.29 is 14.5 Å². The van der Waals surface area contributed by atoms with Gasteiger partial charge in [0.15, 0.2) is 6.10 Å². The fraction of sp³-hybridized carbons (Fsp3) is 0.529. The van der Waals surface area contributed by atoms with Gasteiger partial charge in [-0.05, 0) is 25.8 Å². The highest BCUT2D eigenvalue weighted by atomic mass is 35.5. The van der Waals surface area contributed by atoms with Gasteiger partial charge in [-0.1, -0.05) is 30.9 Å². The molecule has 8 heteroatoms. The number of benzene rings is 1. The van der Waals surface area contributed by atoms with Gasteiger partial charge in [-0.2, -0.15) is 5.26 Å². The number of non-ortho nitro benzene ring substituents is 1. The minimum absolute atomic E-state index is 0.0594. The zero-order valence-electron chi connectivity index (χ0n) is 14.2. The van der Waals surface area contributed by atoms with E-state index in [1.807, 2.05) is 0 Å². The van der Waals surface area contributed by atoms with Gasteiger partial charge in [0.1, 0.15) is 11.3 Å². The van der Waals surface area contributed by atoms with E-state index in [0.717, 1.165) is 19.3 Å². The number of halogens is 1. The maximum absolute atomic E-state index is 12.7. The molecule has 1 aliphatic carbocycles. The molecule has 0 spiro atoms. The molecule has 0 unspecified atom stereocenters. The average Bonchev–Trinajstić information content (AvgIpc) is 2.62. The molecule has 0 saturated heterocycles. The molecule has 0 radical (unpaired) electrons. The molecule has 7 nitrogen and oxygen atoms in total. The van der Waals surface area contributed by atoms with Gasteiger partial charge in [0.05, 0.1) is 16.0 Å². The number of rotatable bonds is 5. The Kier molecular flexibility index (Phi) is 5.85. The van der Waals surface area contributed by atoms with Crippen molar-refractivity contribution in [2.75, 3.05) is 7.05 Å². The third-order valence-corrected chi connectivity index (χ3v) is 4.93. The second-order valence-corrected chi connectivity index (χ2v) is 6.64. The van der Waals surface area contributed by atoms with Gasteiger partial charge in [0.2, 0.25) is 0 Å². The molecule has 134 valence electrons. The smallest absolute Gasteiger partial charge is 0.271 e. The van der Waals surface area contributed by atoms with Crippen LogP contribution in [0.1, 0.15) is 39.0 Å². The molecule has 2 rings (SSSR count). The zero-order chi connectivity index (χ0) is 18.6. The predicted octanol–water partition coefficient (Wildman–Crippen LogP) is 3.70. The first-order valence-electron chi connectivity index (χ1n) is 8.10. The van der Waals surface area contributed by atoms with Crippen molar-refractivity contribution in [1.29, 1.82) is 5.26 Å². The molecule has 0 bridgehead atoms. The lowest BCUT2D eigenvalue weighted by atomic mass is 9.81. The number of nitro groups is 1. The highest BCUT2D eigenvalue weighted by Crippen LogP contribution is 2.34. The van der Waals surface area contributed by atoms with Crippen molar-refractivity contribution in [3.63, 3.8) is 0 Å². The molecule has 0 N–H and O–H groups in total. The lowest BCUT2D eigenvalue weighted by Gasteiger charge is -2.40. The van der Waals surface area contributed by atoms with Crippen LogP contribution in [-0.2, 0) is 4.79 Å². The molecule has 1 aromatic carbocycles. The molecule has 0 aromatic heterocycles. The minimum Gasteiger partial charge on any atom is -0.479 e. The number of hydrogen-bond acceptors (Lipinski definition) is 5. The Hall–Kier alpha value is -2.33. The molecule has 25 heavy (non-hydrogen) atoms. The molecule has 1 atom stereocenters. The van der Waals surface area contributed by atoms with E-state index in [1.54, 1.807) is 14.0 Å². The first-order valence-corrected chi connectivity index (χ1v) is 8.48. The molecular formula is C17H20ClN3O4. The lowest BCUT2D eigenvalue weighted by Crippen LogP contribution is -2.53. The summed E-state index contributed by atoms with van der Waals surface area (Å²) >= 11 is 6.00. The normalized spacial score (nSPS) is 17.2. The summed E-state index contributed by atoms with van der Waals surface area (Å²) in [6.07, 6.45) is 3.32. The first kappa shape index (κ1) is 19.0. The number of ether oxygens (including phenoxy) is 1. The molecule has 1 fully saturated rings. The average molecular weight is 366 g/mol. The summed E-state index contributed by atoms with van der Waals surface area (Å²) in [4.78, 5) is 24.3. The second kappa shape index (κ2) is 7.70. The van der Waals surface area contributed by atoms with Crippen LogP contribution in [0.25, 0.3) is 0 Å². The van der Waals surface area contributed by atoms with E-state index < -0.39 is 16.6 Å². The van der Waals surface area contributed by atoms with Gasteiger partial charge in [0.25, 0.3) is 11.6 Å². The van der Waals surface area contributed by atoms with Crippen LogP contribution < -0.4 is 4.74 Å². The number of hydrogen-bond donors (Lipinski definition) is 0. The van der Waals surface area contributed by atoms with Crippen molar-refractivity contribution >= 4 is 23.2 Å². The fourth-order valence-electron chi connectivity index (χ4n) is 3.08. The number of carbonyl (C=O) groups is 1. The summed E-state index contributed by atoms with van der Waals surface area (Å²) in [6.45, 7) is 1.57. The summed E-state index contributed by atoms with van der Waals surface area (Å²) in [7, 11) is 1.62. The monoisotopic (exact) mass is 365 g/mol. The second-order valence-electron chi connectivity index (χ2n) is 6.23. The van der Waals surface area contributed by atoms with E-state index in [0.29, 0.717) is 12.8 Å². The topological polar surface area (TPSA) is 96.5 Å². The third kappa shape index (κ3) is 4.02. The van der Waals surface area contributed by atoms with Crippen LogP contribution in [0.5, 0.6) is 5.75 Å². The Morgan fingerprint density at radius 2 is 2.08 bits per heavy atom. The van der Waals surface area contributed by atoms with Gasteiger partial charge < -0.3 is 9.64 Å². The summed E-state index contributed by atoms with van der Waals surface area (Å²) in [5, 5.41) is 20.4. The Labute approximate surface area is 151 Å². The Morgan fingerprint density at radius 3 is 2.60 bits per heavy atom. The highest BCUT2D eigenvalue weighted by Gasteiger charge is 2.40. The zero-order valence-corrected chi connectivity index (χ0v) is 15.0. The van der Waals surface area contributed by atoms with E-state index in [9.17, 15) is 20.2 Å². The van der Waals surface area contributed by atoms with Crippen molar-refractivity contribution in [2.24, 2.45) is 0 Å². The Balaban J connectivity index is 2.12. The number of carbonyl (C=O) groups excluding carboxylic acids is 1. The maximum Gasteiger partial charge on any atom is 0.271 e. The quantitative estimate of drug-likeness (QED) is 0.585. The number of amides is 1. The van der Waals surface area contributed by atoms with Gasteiger partial charge in [-0.15, -0.1) is 0 Å². The van der Waals surface area contributed by atoms with Crippen LogP contribution in [0.2, 0.25) is 5.02 Å². The van der Waals surface area contributed by atoms with Crippen LogP contribution >= 0.6 is 11.6 Å². The number of likely N-dealkylation sites (N-methyl/N-ethyl adjacent to an activating group) is 1. The van der Waals surface area contributed by atoms with E-state index in [1.165, 1.54) is 23.1 Å². The van der Waals surface area contributed by atoms with E-state index in [-0.39, 0.29) is 22.4 Å². The minimum atomic E-state index is -0.865. The van der Waals surface area contributed by atoms with Crippen molar-refractivity contribution in [3.8, 4) is 11.8 Å². The number of nitrogens with zero attached hydrogens (tertiary/aromatic N) is 3. The summed E-state index contributed by atoms with van der Waals surface area (Å²) < 4.78 is 5.59. The molecule has 0 aliphatic heterocycles. The lowest BCUT2D eigenvalue weighted by molar-refractivity contribution is -0.384. The summed E-state index contributed by atoms with van der Waals surface area (Å²) in [5.74, 6) is -0.131. The van der Waals surface area contributed by atoms with Crippen LogP contribution in [0, 0.1) is 21.4 Å². The highest BCUT2D eigenvalue weighted by molar-refractivity contribution is 6.32. The molecule has 1 saturated carbocycles. The predicted molar refractivity (Wildman–Crippen MR) is 92.4 cm³/mol. The third-order valence-electron chi connectivity index (χ3n) is 4.64. The first-order chi connectivity index (χ1) is 11.8. The van der Waals surface area contributed by atoms with Crippen LogP contribution in [-0.4, -0.2) is 34.4 Å². The van der Waals surface area contributed by atoms with E-state index in [2.05, 4.69) is 6.07 Å². The number of nitro benzene ring substituents is 1. The summed E-state index contributed by atoms with van der Waals surface area (Å²) in [5.41, 5.74) is -0.953. The van der Waals surface area contributed by atoms with Gasteiger partial charge >= 0.3 is 0 Å². The van der Waals surface area contributed by atoms with Gasteiger partial charge in [-0.3, -0.25) is 14.9 Å². The summed E-state index contributed by atoms with van der Waals surface area (Å²) in [6, 6.07) is 6.10. The SMILES string of the molecule is C[C@H](Oc1ccc([N+](=O)[O-])cc1Cl)C(=O)N(C)C1(C#N)CCCCC1. The van der Waals surface area contributed by atoms with Gasteiger partial charge in [-0.25, -0.2) is 0 Å². The molecule has 0 heterocycles. The molecule has 1 aliphatic rings. The van der Waals surface area contributed by atoms with E-state index >= 15 is 0 Å². The standard InChI is InChI=1S/C17H20ClN3O4/c1-12(25-15-7-6-13(21(23)24)10-14(15)18)16(22)20(2)17(11-19)8-4-3-5-9-17/h6-7,10,12H,3-5,8-9H2,1-2H3/t12-/m0/s1. The molecule has 1 amide bonds. The van der Waals surface area contributed by atoms with Crippen LogP contribution in [0.15, 0.2) is 18.2 Å². The molecule has 1 aromatic rings. The largest absolute Gasteiger partial charge is 0.479 e. The van der Waals surface area contributed by atoms with Crippen molar-refractivity contribution in [3.05, 3.63) is 33.3 Å². The van der Waals surface area contributed by atoms with Crippen LogP contribution in [0.4, 0.5) is 5.69 Å². The van der Waals surface area contributed by atoms with Crippen LogP contribution in [0.3, 0.4) is 0 Å². The van der Waals surface area contributed by atoms with Crippen molar-refractivity contribution in [1.82, 2.24) is 4.90 Å². The maximum atomic E-state index is 12.7. The van der Waals surface area contributed by atoms with E-state index in [4.69, 9.17) is 16.3 Å². The number of nitriles is 1. The Bertz CT molecular complexity index is 710. The Morgan fingerprint density at radius 1 is 1.44 bits per heavy atom. The fourth-order valence-corrected chi connectivity index (χ4v) is 3.30. The van der Waals surface area contributed by atoms with Gasteiger partial charge in [0, 0.05) is 19.2 Å². The van der Waals surface area contributed by atoms with Crippen molar-refractivity contribution in [2.45, 2.75) is 50.7 Å². The molecular weight excluding hydrogens is 346 g/mol.